The number of benzene rings is 1. The van der Waals surface area contributed by atoms with Gasteiger partial charge in [-0.3, -0.25) is 34.1 Å². The summed E-state index contributed by atoms with van der Waals surface area (Å²) >= 11 is 0. The Kier molecular flexibility index (Phi) is 19.7. The van der Waals surface area contributed by atoms with Crippen LogP contribution in [-0.2, 0) is 44.7 Å². The highest BCUT2D eigenvalue weighted by Crippen LogP contribution is 2.28. The quantitative estimate of drug-likeness (QED) is 0.192. The number of carbonyl (C=O) groups excluding carboxylic acids is 7. The number of aldehydes is 1. The Morgan fingerprint density at radius 1 is 0.800 bits per heavy atom. The molecule has 1 fully saturated rings. The SMILES string of the molecule is CCCC[C@@H](C)C[C@@H]1NC(=O)[C@H](Cc2ccccc2)N(C)C(=O)[C@H](CC(C)C)NC(C=O)(CC(C)C)N(C)C(=O)C(CC(F)(F)F)NC(=O)[C@@H](C)OC(=O)[C@H](C)N(C)C1=O. The van der Waals surface area contributed by atoms with E-state index in [0.717, 1.165) is 43.0 Å². The van der Waals surface area contributed by atoms with Crippen LogP contribution < -0.4 is 16.0 Å². The first-order chi connectivity index (χ1) is 27.9. The van der Waals surface area contributed by atoms with Gasteiger partial charge >= 0.3 is 12.1 Å². The minimum Gasteiger partial charge on any atom is -0.451 e. The summed E-state index contributed by atoms with van der Waals surface area (Å²) in [6, 6.07) is 1.62. The van der Waals surface area contributed by atoms with Crippen LogP contribution >= 0.6 is 0 Å². The Bertz CT molecular complexity index is 1630. The maximum Gasteiger partial charge on any atom is 0.391 e. The Morgan fingerprint density at radius 3 is 1.92 bits per heavy atom. The molecular formula is C43H67F3N6O8. The summed E-state index contributed by atoms with van der Waals surface area (Å²) in [5.41, 5.74) is -1.40. The van der Waals surface area contributed by atoms with Gasteiger partial charge in [0.15, 0.2) is 18.1 Å². The zero-order valence-corrected chi connectivity index (χ0v) is 37.1. The van der Waals surface area contributed by atoms with Gasteiger partial charge in [0, 0.05) is 27.6 Å². The predicted octanol–water partition coefficient (Wildman–Crippen LogP) is 4.39. The highest BCUT2D eigenvalue weighted by Gasteiger charge is 2.47. The van der Waals surface area contributed by atoms with E-state index >= 15 is 0 Å². The van der Waals surface area contributed by atoms with E-state index in [1.807, 2.05) is 27.7 Å². The molecule has 14 nitrogen and oxygen atoms in total. The van der Waals surface area contributed by atoms with Gasteiger partial charge in [-0.05, 0) is 56.4 Å². The van der Waals surface area contributed by atoms with Gasteiger partial charge in [0.2, 0.25) is 23.6 Å². The number of carbonyl (C=O) groups is 7. The van der Waals surface area contributed by atoms with Gasteiger partial charge in [0.25, 0.3) is 5.91 Å². The molecule has 17 heteroatoms. The summed E-state index contributed by atoms with van der Waals surface area (Å²) in [4.78, 5) is 101. The standard InChI is InChI=1S/C43H67F3N6O8/c1-12-13-17-28(6)21-32-38(56)50(9)29(7)41(59)60-30(8)36(54)48-34(24-43(44,45)46)40(58)52(11)42(25-53,23-27(4)5)49-33(20-26(2)3)39(57)51(10)35(37(55)47-32)22-31-18-15-14-16-19-31/h14-16,18-19,25-30,32-35,49H,12-13,17,20-24H2,1-11H3,(H,47,55)(H,48,54)/t28-,29+,30-,32+,33+,34?,35+,42?/m1/s1. The molecule has 0 spiro atoms. The molecule has 2 rings (SSSR count). The molecule has 1 aromatic rings. The lowest BCUT2D eigenvalue weighted by Crippen LogP contribution is -2.69. The van der Waals surface area contributed by atoms with Crippen LogP contribution in [0.1, 0.15) is 106 Å². The zero-order valence-electron chi connectivity index (χ0n) is 37.1. The van der Waals surface area contributed by atoms with Crippen molar-refractivity contribution in [2.24, 2.45) is 17.8 Å². The van der Waals surface area contributed by atoms with E-state index in [0.29, 0.717) is 11.8 Å². The Labute approximate surface area is 353 Å². The molecule has 1 aliphatic rings. The van der Waals surface area contributed by atoms with E-state index in [-0.39, 0.29) is 43.4 Å². The smallest absolute Gasteiger partial charge is 0.391 e. The second-order valence-corrected chi connectivity index (χ2v) is 17.1. The van der Waals surface area contributed by atoms with Crippen LogP contribution in [0.4, 0.5) is 13.2 Å². The van der Waals surface area contributed by atoms with Crippen molar-refractivity contribution >= 4 is 41.8 Å². The molecule has 8 atom stereocenters. The number of likely N-dealkylation sites (N-methyl/N-ethyl adjacent to an activating group) is 3. The third-order valence-electron chi connectivity index (χ3n) is 10.9. The van der Waals surface area contributed by atoms with Gasteiger partial charge in [-0.2, -0.15) is 13.2 Å². The summed E-state index contributed by atoms with van der Waals surface area (Å²) in [7, 11) is 3.85. The number of nitrogens with zero attached hydrogens (tertiary/aromatic N) is 3. The summed E-state index contributed by atoms with van der Waals surface area (Å²) < 4.78 is 47.5. The first kappa shape index (κ1) is 51.6. The second-order valence-electron chi connectivity index (χ2n) is 17.1. The molecular weight excluding hydrogens is 786 g/mol. The Balaban J connectivity index is 2.92. The van der Waals surface area contributed by atoms with Crippen molar-refractivity contribution in [2.75, 3.05) is 21.1 Å². The van der Waals surface area contributed by atoms with Crippen molar-refractivity contribution in [3.8, 4) is 0 Å². The molecule has 5 amide bonds. The molecule has 0 aromatic heterocycles. The van der Waals surface area contributed by atoms with Crippen LogP contribution in [0.3, 0.4) is 0 Å². The minimum absolute atomic E-state index is 0.00803. The molecule has 2 unspecified atom stereocenters. The van der Waals surface area contributed by atoms with Crippen molar-refractivity contribution in [1.29, 1.82) is 0 Å². The maximum atomic E-state index is 14.8. The summed E-state index contributed by atoms with van der Waals surface area (Å²) in [6.07, 6.45) is -5.59. The van der Waals surface area contributed by atoms with E-state index in [1.54, 1.807) is 44.2 Å². The van der Waals surface area contributed by atoms with Crippen LogP contribution in [0, 0.1) is 17.8 Å². The number of alkyl halides is 3. The molecule has 0 bridgehead atoms. The molecule has 3 N–H and O–H groups in total. The summed E-state index contributed by atoms with van der Waals surface area (Å²) in [6.45, 7) is 13.5. The van der Waals surface area contributed by atoms with Crippen LogP contribution in [0.25, 0.3) is 0 Å². The lowest BCUT2D eigenvalue weighted by molar-refractivity contribution is -0.166. The largest absolute Gasteiger partial charge is 0.451 e. The van der Waals surface area contributed by atoms with Gasteiger partial charge in [-0.15, -0.1) is 0 Å². The molecule has 1 aromatic carbocycles. The van der Waals surface area contributed by atoms with Gasteiger partial charge in [-0.25, -0.2) is 4.79 Å². The summed E-state index contributed by atoms with van der Waals surface area (Å²) in [5.74, 6) is -6.24. The molecule has 1 saturated heterocycles. The number of unbranched alkanes of at least 4 members (excludes halogenated alkanes) is 1. The zero-order chi connectivity index (χ0) is 45.7. The monoisotopic (exact) mass is 852 g/mol. The fourth-order valence-electron chi connectivity index (χ4n) is 7.35. The lowest BCUT2D eigenvalue weighted by Gasteiger charge is -2.44. The Morgan fingerprint density at radius 2 is 1.38 bits per heavy atom. The third kappa shape index (κ3) is 14.9. The highest BCUT2D eigenvalue weighted by atomic mass is 19.4. The van der Waals surface area contributed by atoms with Crippen molar-refractivity contribution < 1.29 is 51.5 Å². The molecule has 0 saturated carbocycles. The van der Waals surface area contributed by atoms with Crippen LogP contribution in [0.2, 0.25) is 0 Å². The third-order valence-corrected chi connectivity index (χ3v) is 10.9. The van der Waals surface area contributed by atoms with Gasteiger partial charge in [0.05, 0.1) is 12.5 Å². The molecule has 0 radical (unpaired) electrons. The molecule has 60 heavy (non-hydrogen) atoms. The number of cyclic esters (lactones) is 1. The number of hydrogen-bond donors (Lipinski definition) is 3. The fourth-order valence-corrected chi connectivity index (χ4v) is 7.35. The van der Waals surface area contributed by atoms with Crippen molar-refractivity contribution in [2.45, 2.75) is 155 Å². The highest BCUT2D eigenvalue weighted by molar-refractivity contribution is 5.96. The van der Waals surface area contributed by atoms with E-state index in [2.05, 4.69) is 16.0 Å². The van der Waals surface area contributed by atoms with E-state index in [9.17, 15) is 46.7 Å². The van der Waals surface area contributed by atoms with Crippen molar-refractivity contribution in [1.82, 2.24) is 30.7 Å². The topological polar surface area (TPSA) is 175 Å². The molecule has 0 aliphatic carbocycles. The van der Waals surface area contributed by atoms with Gasteiger partial charge in [-0.1, -0.05) is 91.1 Å². The second kappa shape index (κ2) is 22.9. The number of rotatable bonds is 13. The number of ether oxygens (including phenoxy) is 1. The number of esters is 1. The number of hydrogen-bond acceptors (Lipinski definition) is 9. The number of halogens is 3. The van der Waals surface area contributed by atoms with E-state index in [1.165, 1.54) is 25.9 Å². The first-order valence-electron chi connectivity index (χ1n) is 20.8. The average Bonchev–Trinajstić information content (AvgIpc) is 3.17. The predicted molar refractivity (Wildman–Crippen MR) is 220 cm³/mol. The Hall–Kier alpha value is -4.54. The number of amides is 5. The average molecular weight is 853 g/mol. The fraction of sp³-hybridized carbons (Fsp3) is 0.698. The first-order valence-corrected chi connectivity index (χ1v) is 20.8. The normalized spacial score (nSPS) is 26.8. The summed E-state index contributed by atoms with van der Waals surface area (Å²) in [5, 5.41) is 7.98. The molecule has 338 valence electrons. The van der Waals surface area contributed by atoms with Crippen LogP contribution in [-0.4, -0.2) is 126 Å². The minimum atomic E-state index is -4.98. The van der Waals surface area contributed by atoms with Crippen molar-refractivity contribution in [3.05, 3.63) is 35.9 Å². The lowest BCUT2D eigenvalue weighted by atomic mass is 9.92. The number of nitrogens with one attached hydrogen (secondary N) is 3. The van der Waals surface area contributed by atoms with Crippen LogP contribution in [0.15, 0.2) is 30.3 Å². The van der Waals surface area contributed by atoms with Crippen molar-refractivity contribution in [3.63, 3.8) is 0 Å². The van der Waals surface area contributed by atoms with Gasteiger partial charge < -0.3 is 30.1 Å². The van der Waals surface area contributed by atoms with Crippen LogP contribution in [0.5, 0.6) is 0 Å². The van der Waals surface area contributed by atoms with E-state index < -0.39 is 90.1 Å². The van der Waals surface area contributed by atoms with Gasteiger partial charge in [0.1, 0.15) is 24.2 Å². The molecule has 1 heterocycles. The maximum absolute atomic E-state index is 14.8. The molecule has 1 aliphatic heterocycles. The van der Waals surface area contributed by atoms with E-state index in [4.69, 9.17) is 4.74 Å².